The lowest BCUT2D eigenvalue weighted by Crippen LogP contribution is -2.40. The minimum atomic E-state index is -1.09. The summed E-state index contributed by atoms with van der Waals surface area (Å²) in [7, 11) is 0. The van der Waals surface area contributed by atoms with Gasteiger partial charge in [0.2, 0.25) is 0 Å². The van der Waals surface area contributed by atoms with E-state index in [2.05, 4.69) is 46.4 Å². The van der Waals surface area contributed by atoms with Crippen LogP contribution in [0.2, 0.25) is 0 Å². The van der Waals surface area contributed by atoms with Crippen molar-refractivity contribution in [1.29, 1.82) is 0 Å². The molecule has 2 N–H and O–H groups in total. The SMILES string of the molecule is C=C1CC[C@H](O)C/C1=C\C=C1/CCC[C@@]2(C)[C@@H]([C@H](C)CCCC(C)C)C(OC(=O)C(C)O)C[C@@H]12. The Hall–Kier alpha value is -1.39. The fraction of sp³-hybridized carbons (Fsp3) is 0.767. The van der Waals surface area contributed by atoms with Crippen LogP contribution in [0.3, 0.4) is 0 Å². The highest BCUT2D eigenvalue weighted by molar-refractivity contribution is 5.74. The summed E-state index contributed by atoms with van der Waals surface area (Å²) in [4.78, 5) is 12.4. The van der Waals surface area contributed by atoms with Crippen molar-refractivity contribution in [2.24, 2.45) is 29.1 Å². The summed E-state index contributed by atoms with van der Waals surface area (Å²) >= 11 is 0. The molecule has 2 unspecified atom stereocenters. The van der Waals surface area contributed by atoms with Gasteiger partial charge >= 0.3 is 5.97 Å². The van der Waals surface area contributed by atoms with Gasteiger partial charge in [0.05, 0.1) is 6.10 Å². The van der Waals surface area contributed by atoms with Crippen LogP contribution in [0.1, 0.15) is 98.8 Å². The third kappa shape index (κ3) is 6.23. The van der Waals surface area contributed by atoms with Crippen molar-refractivity contribution in [3.63, 3.8) is 0 Å². The van der Waals surface area contributed by atoms with Gasteiger partial charge in [-0.15, -0.1) is 0 Å². The van der Waals surface area contributed by atoms with Crippen LogP contribution in [0, 0.1) is 29.1 Å². The first-order valence-corrected chi connectivity index (χ1v) is 13.7. The summed E-state index contributed by atoms with van der Waals surface area (Å²) in [6, 6.07) is 0. The summed E-state index contributed by atoms with van der Waals surface area (Å²) in [6.07, 6.45) is 13.1. The number of aliphatic hydroxyl groups is 2. The number of aliphatic hydroxyl groups excluding tert-OH is 2. The topological polar surface area (TPSA) is 66.8 Å². The molecule has 0 aromatic carbocycles. The maximum Gasteiger partial charge on any atom is 0.334 e. The molecule has 0 aromatic heterocycles. The predicted octanol–water partition coefficient (Wildman–Crippen LogP) is 6.52. The molecule has 3 fully saturated rings. The molecular formula is C30H48O4. The van der Waals surface area contributed by atoms with Gasteiger partial charge in [-0.2, -0.15) is 0 Å². The molecule has 3 aliphatic carbocycles. The Morgan fingerprint density at radius 1 is 1.21 bits per heavy atom. The van der Waals surface area contributed by atoms with Gasteiger partial charge in [0.15, 0.2) is 0 Å². The number of carbonyl (C=O) groups is 1. The van der Waals surface area contributed by atoms with Crippen molar-refractivity contribution >= 4 is 5.97 Å². The number of esters is 1. The molecule has 7 atom stereocenters. The van der Waals surface area contributed by atoms with Crippen LogP contribution in [-0.4, -0.2) is 34.5 Å². The van der Waals surface area contributed by atoms with E-state index in [0.717, 1.165) is 50.5 Å². The van der Waals surface area contributed by atoms with E-state index < -0.39 is 12.1 Å². The second-order valence-corrected chi connectivity index (χ2v) is 12.1. The number of hydrogen-bond acceptors (Lipinski definition) is 4. The van der Waals surface area contributed by atoms with Gasteiger partial charge < -0.3 is 14.9 Å². The number of allylic oxidation sites excluding steroid dienone is 4. The molecular weight excluding hydrogens is 424 g/mol. The monoisotopic (exact) mass is 472 g/mol. The standard InChI is InChI=1S/C30H48O4/c1-19(2)9-7-10-21(4)28-27(34-29(33)22(5)31)18-26-23(11-8-16-30(26,28)6)13-14-24-17-25(32)15-12-20(24)3/h13-14,19,21-22,25-28,31-32H,3,7-12,15-18H2,1-2,4-6H3/b23-13+,24-14+/t21-,22?,25+,26+,27?,28+,30-/m1/s1. The molecule has 0 aromatic rings. The average molecular weight is 473 g/mol. The maximum atomic E-state index is 12.4. The second-order valence-electron chi connectivity index (χ2n) is 12.1. The summed E-state index contributed by atoms with van der Waals surface area (Å²) in [5.41, 5.74) is 3.86. The van der Waals surface area contributed by atoms with Gasteiger partial charge in [0.1, 0.15) is 12.2 Å². The molecule has 0 spiro atoms. The van der Waals surface area contributed by atoms with Crippen LogP contribution in [0.4, 0.5) is 0 Å². The molecule has 0 bridgehead atoms. The fourth-order valence-corrected chi connectivity index (χ4v) is 7.08. The minimum Gasteiger partial charge on any atom is -0.460 e. The smallest absolute Gasteiger partial charge is 0.334 e. The number of rotatable bonds is 8. The van der Waals surface area contributed by atoms with Gasteiger partial charge in [0.25, 0.3) is 0 Å². The average Bonchev–Trinajstić information content (AvgIpc) is 3.06. The summed E-state index contributed by atoms with van der Waals surface area (Å²) < 4.78 is 5.99. The Morgan fingerprint density at radius 3 is 2.62 bits per heavy atom. The molecule has 3 aliphatic rings. The lowest BCUT2D eigenvalue weighted by atomic mass is 9.60. The fourth-order valence-electron chi connectivity index (χ4n) is 7.08. The molecule has 0 heterocycles. The molecule has 4 heteroatoms. The quantitative estimate of drug-likeness (QED) is 0.395. The van der Waals surface area contributed by atoms with E-state index in [0.29, 0.717) is 30.1 Å². The van der Waals surface area contributed by atoms with Crippen LogP contribution >= 0.6 is 0 Å². The number of carbonyl (C=O) groups excluding carboxylic acids is 1. The Labute approximate surface area is 207 Å². The zero-order valence-electron chi connectivity index (χ0n) is 22.2. The highest BCUT2D eigenvalue weighted by atomic mass is 16.6. The van der Waals surface area contributed by atoms with Gasteiger partial charge in [-0.3, -0.25) is 0 Å². The molecule has 3 saturated carbocycles. The first-order valence-electron chi connectivity index (χ1n) is 13.7. The first kappa shape index (κ1) is 27.2. The molecule has 34 heavy (non-hydrogen) atoms. The van der Waals surface area contributed by atoms with E-state index in [1.807, 2.05) is 0 Å². The first-order chi connectivity index (χ1) is 16.0. The van der Waals surface area contributed by atoms with Gasteiger partial charge in [-0.25, -0.2) is 4.79 Å². The van der Waals surface area contributed by atoms with Crippen LogP contribution in [0.5, 0.6) is 0 Å². The highest BCUT2D eigenvalue weighted by Gasteiger charge is 2.56. The van der Waals surface area contributed by atoms with E-state index in [1.54, 1.807) is 0 Å². The van der Waals surface area contributed by atoms with E-state index in [-0.39, 0.29) is 17.6 Å². The molecule has 0 radical (unpaired) electrons. The number of hydrogen-bond donors (Lipinski definition) is 2. The number of fused-ring (bicyclic) bond motifs is 1. The maximum absolute atomic E-state index is 12.4. The molecule has 192 valence electrons. The zero-order valence-corrected chi connectivity index (χ0v) is 22.2. The van der Waals surface area contributed by atoms with Gasteiger partial charge in [0, 0.05) is 5.92 Å². The molecule has 4 nitrogen and oxygen atoms in total. The lowest BCUT2D eigenvalue weighted by Gasteiger charge is -2.44. The van der Waals surface area contributed by atoms with E-state index >= 15 is 0 Å². The lowest BCUT2D eigenvalue weighted by molar-refractivity contribution is -0.162. The normalized spacial score (nSPS) is 36.1. The summed E-state index contributed by atoms with van der Waals surface area (Å²) in [6.45, 7) is 15.0. The Balaban J connectivity index is 1.86. The van der Waals surface area contributed by atoms with E-state index in [1.165, 1.54) is 30.9 Å². The van der Waals surface area contributed by atoms with Crippen molar-refractivity contribution < 1.29 is 19.7 Å². The van der Waals surface area contributed by atoms with Crippen LogP contribution < -0.4 is 0 Å². The van der Waals surface area contributed by atoms with Crippen LogP contribution in [-0.2, 0) is 9.53 Å². The van der Waals surface area contributed by atoms with E-state index in [4.69, 9.17) is 4.74 Å². The molecule has 0 aliphatic heterocycles. The van der Waals surface area contributed by atoms with Crippen molar-refractivity contribution in [3.8, 4) is 0 Å². The predicted molar refractivity (Wildman–Crippen MR) is 138 cm³/mol. The van der Waals surface area contributed by atoms with Crippen LogP contribution in [0.15, 0.2) is 35.5 Å². The van der Waals surface area contributed by atoms with Gasteiger partial charge in [-0.05, 0) is 80.6 Å². The Kier molecular flexibility index (Phi) is 9.25. The largest absolute Gasteiger partial charge is 0.460 e. The number of ether oxygens (including phenoxy) is 1. The summed E-state index contributed by atoms with van der Waals surface area (Å²) in [5, 5.41) is 20.0. The third-order valence-electron chi connectivity index (χ3n) is 8.90. The second kappa shape index (κ2) is 11.6. The van der Waals surface area contributed by atoms with Crippen molar-refractivity contribution in [3.05, 3.63) is 35.5 Å². The minimum absolute atomic E-state index is 0.0898. The van der Waals surface area contributed by atoms with Crippen LogP contribution in [0.25, 0.3) is 0 Å². The van der Waals surface area contributed by atoms with Crippen molar-refractivity contribution in [1.82, 2.24) is 0 Å². The Bertz CT molecular complexity index is 792. The summed E-state index contributed by atoms with van der Waals surface area (Å²) in [5.74, 6) is 1.35. The Morgan fingerprint density at radius 2 is 1.94 bits per heavy atom. The van der Waals surface area contributed by atoms with Crippen molar-refractivity contribution in [2.75, 3.05) is 0 Å². The molecule has 3 rings (SSSR count). The molecule has 0 amide bonds. The van der Waals surface area contributed by atoms with Crippen molar-refractivity contribution in [2.45, 2.75) is 117 Å². The highest BCUT2D eigenvalue weighted by Crippen LogP contribution is 2.60. The van der Waals surface area contributed by atoms with Gasteiger partial charge in [-0.1, -0.05) is 76.8 Å². The third-order valence-corrected chi connectivity index (χ3v) is 8.90. The zero-order chi connectivity index (χ0) is 25.0. The van der Waals surface area contributed by atoms with E-state index in [9.17, 15) is 15.0 Å². The molecule has 0 saturated heterocycles.